The number of hydrogen-bond acceptors (Lipinski definition) is 5. The summed E-state index contributed by atoms with van der Waals surface area (Å²) >= 11 is 0. The molecule has 0 saturated carbocycles. The fraction of sp³-hybridized carbons (Fsp3) is 0.500. The second-order valence-corrected chi connectivity index (χ2v) is 8.61. The molecule has 1 aliphatic rings. The van der Waals surface area contributed by atoms with Crippen LogP contribution < -0.4 is 9.62 Å². The quantitative estimate of drug-likeness (QED) is 0.768. The molecule has 0 bridgehead atoms. The van der Waals surface area contributed by atoms with E-state index in [2.05, 4.69) is 16.5 Å². The highest BCUT2D eigenvalue weighted by atomic mass is 32.2. The van der Waals surface area contributed by atoms with Crippen molar-refractivity contribution in [3.8, 4) is 0 Å². The minimum atomic E-state index is -3.70. The molecule has 0 aliphatic carbocycles. The largest absolute Gasteiger partial charge is 0.465 e. The first-order chi connectivity index (χ1) is 12.9. The maximum absolute atomic E-state index is 12.8. The number of aryl methyl sites for hydroxylation is 2. The van der Waals surface area contributed by atoms with Crippen LogP contribution in [0.5, 0.6) is 0 Å². The lowest BCUT2D eigenvalue weighted by Gasteiger charge is -2.34. The van der Waals surface area contributed by atoms with Crippen molar-refractivity contribution in [2.45, 2.75) is 51.0 Å². The third-order valence-corrected chi connectivity index (χ3v) is 6.25. The number of furan rings is 1. The summed E-state index contributed by atoms with van der Waals surface area (Å²) in [4.78, 5) is 2.40. The Morgan fingerprint density at radius 2 is 1.93 bits per heavy atom. The van der Waals surface area contributed by atoms with Gasteiger partial charge in [0.15, 0.2) is 0 Å². The van der Waals surface area contributed by atoms with Crippen molar-refractivity contribution < 1.29 is 17.6 Å². The van der Waals surface area contributed by atoms with Crippen LogP contribution in [-0.4, -0.2) is 34.2 Å². The van der Waals surface area contributed by atoms with Gasteiger partial charge in [-0.15, -0.1) is 0 Å². The van der Waals surface area contributed by atoms with Gasteiger partial charge in [-0.1, -0.05) is 19.1 Å². The van der Waals surface area contributed by atoms with Crippen molar-refractivity contribution in [2.75, 3.05) is 29.3 Å². The molecule has 0 spiro atoms. The van der Waals surface area contributed by atoms with E-state index in [0.29, 0.717) is 23.3 Å². The van der Waals surface area contributed by atoms with Crippen molar-refractivity contribution in [3.63, 3.8) is 0 Å². The number of ether oxygens (including phenoxy) is 1. The standard InChI is InChI=1S/C20H28N2O4S/c1-4-13-25-17-9-11-22(12-10-17)19-8-6-5-7-18(19)21-27(23,24)20-14-15(2)26-16(20)3/h5-8,14,17,21H,4,9-13H2,1-3H3. The van der Waals surface area contributed by atoms with Gasteiger partial charge < -0.3 is 14.1 Å². The summed E-state index contributed by atoms with van der Waals surface area (Å²) in [7, 11) is -3.70. The van der Waals surface area contributed by atoms with E-state index in [0.717, 1.165) is 44.6 Å². The SMILES string of the molecule is CCCOC1CCN(c2ccccc2NS(=O)(=O)c2cc(C)oc2C)CC1. The van der Waals surface area contributed by atoms with Gasteiger partial charge in [0.05, 0.1) is 17.5 Å². The molecule has 2 heterocycles. The normalized spacial score (nSPS) is 15.9. The first-order valence-electron chi connectivity index (χ1n) is 9.46. The van der Waals surface area contributed by atoms with Crippen molar-refractivity contribution in [1.82, 2.24) is 0 Å². The summed E-state index contributed by atoms with van der Waals surface area (Å²) in [5, 5.41) is 0. The number of benzene rings is 1. The maximum atomic E-state index is 12.8. The van der Waals surface area contributed by atoms with E-state index < -0.39 is 10.0 Å². The van der Waals surface area contributed by atoms with Crippen LogP contribution in [0.1, 0.15) is 37.7 Å². The molecule has 0 radical (unpaired) electrons. The molecular formula is C20H28N2O4S. The molecule has 1 fully saturated rings. The average molecular weight is 393 g/mol. The zero-order valence-corrected chi connectivity index (χ0v) is 17.0. The summed E-state index contributed by atoms with van der Waals surface area (Å²) in [6.07, 6.45) is 3.21. The Labute approximate surface area is 161 Å². The number of rotatable bonds is 7. The fourth-order valence-corrected chi connectivity index (χ4v) is 4.77. The molecule has 7 heteroatoms. The topological polar surface area (TPSA) is 71.8 Å². The zero-order chi connectivity index (χ0) is 19.4. The minimum absolute atomic E-state index is 0.182. The number of sulfonamides is 1. The first-order valence-corrected chi connectivity index (χ1v) is 10.9. The second-order valence-electron chi connectivity index (χ2n) is 6.96. The van der Waals surface area contributed by atoms with Crippen LogP contribution >= 0.6 is 0 Å². The number of nitrogens with zero attached hydrogens (tertiary/aromatic N) is 1. The molecule has 1 saturated heterocycles. The van der Waals surface area contributed by atoms with Gasteiger partial charge in [-0.25, -0.2) is 8.42 Å². The van der Waals surface area contributed by atoms with Crippen molar-refractivity contribution in [2.24, 2.45) is 0 Å². The van der Waals surface area contributed by atoms with Crippen LogP contribution in [0.2, 0.25) is 0 Å². The molecule has 1 aromatic carbocycles. The van der Waals surface area contributed by atoms with Gasteiger partial charge in [-0.2, -0.15) is 0 Å². The lowest BCUT2D eigenvalue weighted by atomic mass is 10.1. The molecule has 0 unspecified atom stereocenters. The van der Waals surface area contributed by atoms with Gasteiger partial charge in [0, 0.05) is 25.8 Å². The molecule has 2 aromatic rings. The monoisotopic (exact) mass is 392 g/mol. The van der Waals surface area contributed by atoms with E-state index in [1.165, 1.54) is 0 Å². The molecule has 1 aromatic heterocycles. The summed E-state index contributed by atoms with van der Waals surface area (Å²) in [5.41, 5.74) is 1.48. The molecule has 0 amide bonds. The van der Waals surface area contributed by atoms with Crippen molar-refractivity contribution in [3.05, 3.63) is 41.9 Å². The third-order valence-electron chi connectivity index (χ3n) is 4.77. The van der Waals surface area contributed by atoms with Crippen LogP contribution in [0, 0.1) is 13.8 Å². The first kappa shape index (κ1) is 19.8. The molecule has 0 atom stereocenters. The van der Waals surface area contributed by atoms with Gasteiger partial charge in [0.2, 0.25) is 0 Å². The molecule has 3 rings (SSSR count). The Hall–Kier alpha value is -1.99. The Bertz CT molecular complexity index is 868. The number of para-hydroxylation sites is 2. The molecule has 6 nitrogen and oxygen atoms in total. The Morgan fingerprint density at radius 1 is 1.22 bits per heavy atom. The van der Waals surface area contributed by atoms with Gasteiger partial charge >= 0.3 is 0 Å². The summed E-state index contributed by atoms with van der Waals surface area (Å²) in [5.74, 6) is 0.974. The summed E-state index contributed by atoms with van der Waals surface area (Å²) in [6.45, 7) is 8.00. The van der Waals surface area contributed by atoms with Crippen molar-refractivity contribution >= 4 is 21.4 Å². The Balaban J connectivity index is 1.76. The molecule has 148 valence electrons. The molecule has 27 heavy (non-hydrogen) atoms. The summed E-state index contributed by atoms with van der Waals surface area (Å²) in [6, 6.07) is 9.08. The van der Waals surface area contributed by atoms with E-state index in [1.54, 1.807) is 26.0 Å². The average Bonchev–Trinajstić information content (AvgIpc) is 3.00. The van der Waals surface area contributed by atoms with Gasteiger partial charge in [0.25, 0.3) is 10.0 Å². The second kappa shape index (κ2) is 8.35. The van der Waals surface area contributed by atoms with Crippen molar-refractivity contribution in [1.29, 1.82) is 0 Å². The highest BCUT2D eigenvalue weighted by Gasteiger charge is 2.25. The van der Waals surface area contributed by atoms with Gasteiger partial charge in [0.1, 0.15) is 16.4 Å². The summed E-state index contributed by atoms with van der Waals surface area (Å²) < 4.78 is 39.6. The van der Waals surface area contributed by atoms with Crippen LogP contribution in [-0.2, 0) is 14.8 Å². The van der Waals surface area contributed by atoms with Gasteiger partial charge in [-0.3, -0.25) is 4.72 Å². The number of hydrogen-bond donors (Lipinski definition) is 1. The molecule has 1 N–H and O–H groups in total. The maximum Gasteiger partial charge on any atom is 0.265 e. The van der Waals surface area contributed by atoms with E-state index >= 15 is 0 Å². The predicted octanol–water partition coefficient (Wildman–Crippen LogP) is 4.09. The third kappa shape index (κ3) is 4.65. The Kier molecular flexibility index (Phi) is 6.11. The molecule has 1 aliphatic heterocycles. The van der Waals surface area contributed by atoms with E-state index in [4.69, 9.17) is 9.15 Å². The minimum Gasteiger partial charge on any atom is -0.465 e. The lowest BCUT2D eigenvalue weighted by Crippen LogP contribution is -2.37. The fourth-order valence-electron chi connectivity index (χ4n) is 3.46. The highest BCUT2D eigenvalue weighted by molar-refractivity contribution is 7.92. The van der Waals surface area contributed by atoms with Gasteiger partial charge in [-0.05, 0) is 45.2 Å². The number of piperidine rings is 1. The zero-order valence-electron chi connectivity index (χ0n) is 16.2. The number of anilines is 2. The molecular weight excluding hydrogens is 364 g/mol. The van der Waals surface area contributed by atoms with Crippen LogP contribution in [0.15, 0.2) is 39.6 Å². The van der Waals surface area contributed by atoms with Crippen LogP contribution in [0.3, 0.4) is 0 Å². The van der Waals surface area contributed by atoms with Crippen LogP contribution in [0.25, 0.3) is 0 Å². The Morgan fingerprint density at radius 3 is 2.56 bits per heavy atom. The lowest BCUT2D eigenvalue weighted by molar-refractivity contribution is 0.0375. The number of nitrogens with one attached hydrogen (secondary N) is 1. The van der Waals surface area contributed by atoms with Crippen LogP contribution in [0.4, 0.5) is 11.4 Å². The van der Waals surface area contributed by atoms with E-state index in [1.807, 2.05) is 18.2 Å². The predicted molar refractivity (Wildman–Crippen MR) is 107 cm³/mol. The smallest absolute Gasteiger partial charge is 0.265 e. The highest BCUT2D eigenvalue weighted by Crippen LogP contribution is 2.31. The van der Waals surface area contributed by atoms with E-state index in [-0.39, 0.29) is 4.90 Å². The van der Waals surface area contributed by atoms with E-state index in [9.17, 15) is 8.42 Å².